The van der Waals surface area contributed by atoms with Gasteiger partial charge in [-0.1, -0.05) is 12.1 Å². The summed E-state index contributed by atoms with van der Waals surface area (Å²) in [6, 6.07) is 14.1. The number of hydrogen-bond acceptors (Lipinski definition) is 5. The lowest BCUT2D eigenvalue weighted by Crippen LogP contribution is -2.35. The Morgan fingerprint density at radius 1 is 1.14 bits per heavy atom. The van der Waals surface area contributed by atoms with Gasteiger partial charge in [0.2, 0.25) is 11.8 Å². The van der Waals surface area contributed by atoms with Crippen LogP contribution < -0.4 is 10.1 Å². The highest BCUT2D eigenvalue weighted by atomic mass is 32.2. The Bertz CT molecular complexity index is 1350. The van der Waals surface area contributed by atoms with Crippen LogP contribution in [-0.4, -0.2) is 32.1 Å². The highest BCUT2D eigenvalue weighted by molar-refractivity contribution is 7.90. The van der Waals surface area contributed by atoms with E-state index in [2.05, 4.69) is 14.7 Å². The summed E-state index contributed by atoms with van der Waals surface area (Å²) in [5, 5.41) is 3.69. The molecule has 1 saturated carbocycles. The van der Waals surface area contributed by atoms with E-state index in [1.54, 1.807) is 36.4 Å². The van der Waals surface area contributed by atoms with Gasteiger partial charge in [-0.15, -0.1) is 0 Å². The molecule has 0 aliphatic heterocycles. The van der Waals surface area contributed by atoms with Gasteiger partial charge in [0, 0.05) is 23.6 Å². The Balaban J connectivity index is 1.33. The van der Waals surface area contributed by atoms with Crippen LogP contribution in [0.4, 0.5) is 4.39 Å². The van der Waals surface area contributed by atoms with E-state index in [9.17, 15) is 17.6 Å². The number of halogens is 1. The van der Waals surface area contributed by atoms with Crippen LogP contribution in [-0.2, 0) is 14.8 Å². The zero-order valence-corrected chi connectivity index (χ0v) is 21.2. The minimum atomic E-state index is -3.85. The SMILES string of the molecule is CCOc1ccc2cc(S(=O)(=O)/N=C/C3CCC(C(=O)N[C@H](C)c4ccc(F)cc4)CC3)ccc2n1. The van der Waals surface area contributed by atoms with Crippen LogP contribution in [0, 0.1) is 17.7 Å². The van der Waals surface area contributed by atoms with Crippen molar-refractivity contribution in [1.29, 1.82) is 0 Å². The molecule has 0 saturated heterocycles. The predicted molar refractivity (Wildman–Crippen MR) is 137 cm³/mol. The number of benzene rings is 2. The molecule has 3 aromatic rings. The van der Waals surface area contributed by atoms with Gasteiger partial charge in [0.15, 0.2) is 0 Å². The first kappa shape index (κ1) is 25.8. The van der Waals surface area contributed by atoms with Gasteiger partial charge in [-0.25, -0.2) is 9.37 Å². The van der Waals surface area contributed by atoms with Gasteiger partial charge in [-0.3, -0.25) is 4.79 Å². The number of rotatable bonds is 8. The van der Waals surface area contributed by atoms with Crippen molar-refractivity contribution in [3.63, 3.8) is 0 Å². The fourth-order valence-electron chi connectivity index (χ4n) is 4.40. The van der Waals surface area contributed by atoms with E-state index >= 15 is 0 Å². The minimum Gasteiger partial charge on any atom is -0.478 e. The van der Waals surface area contributed by atoms with E-state index in [0.717, 1.165) is 5.56 Å². The molecule has 0 radical (unpaired) electrons. The fourth-order valence-corrected chi connectivity index (χ4v) is 5.37. The molecule has 0 bridgehead atoms. The number of carbonyl (C=O) groups excluding carboxylic acids is 1. The average molecular weight is 512 g/mol. The van der Waals surface area contributed by atoms with Crippen molar-refractivity contribution in [1.82, 2.24) is 10.3 Å². The zero-order valence-electron chi connectivity index (χ0n) is 20.4. The van der Waals surface area contributed by atoms with Gasteiger partial charge < -0.3 is 10.1 Å². The first-order valence-corrected chi connectivity index (χ1v) is 13.6. The molecule has 1 amide bonds. The molecular formula is C27H30FN3O4S. The van der Waals surface area contributed by atoms with Gasteiger partial charge in [-0.2, -0.15) is 12.8 Å². The van der Waals surface area contributed by atoms with Crippen LogP contribution in [0.2, 0.25) is 0 Å². The second-order valence-electron chi connectivity index (χ2n) is 9.06. The lowest BCUT2D eigenvalue weighted by molar-refractivity contribution is -0.126. The van der Waals surface area contributed by atoms with E-state index in [1.807, 2.05) is 13.8 Å². The second-order valence-corrected chi connectivity index (χ2v) is 10.7. The molecule has 1 N–H and O–H groups in total. The van der Waals surface area contributed by atoms with Crippen molar-refractivity contribution in [2.75, 3.05) is 6.61 Å². The summed E-state index contributed by atoms with van der Waals surface area (Å²) in [7, 11) is -3.85. The molecule has 9 heteroatoms. The summed E-state index contributed by atoms with van der Waals surface area (Å²) in [6.45, 7) is 4.24. The Kier molecular flexibility index (Phi) is 7.98. The van der Waals surface area contributed by atoms with Gasteiger partial charge in [0.05, 0.1) is 23.1 Å². The minimum absolute atomic E-state index is 0.00535. The van der Waals surface area contributed by atoms with Crippen LogP contribution in [0.5, 0.6) is 5.88 Å². The number of fused-ring (bicyclic) bond motifs is 1. The van der Waals surface area contributed by atoms with Crippen LogP contribution in [0.25, 0.3) is 10.9 Å². The molecular weight excluding hydrogens is 481 g/mol. The molecule has 1 aliphatic rings. The molecule has 1 fully saturated rings. The maximum Gasteiger partial charge on any atom is 0.282 e. The number of amides is 1. The topological polar surface area (TPSA) is 97.7 Å². The van der Waals surface area contributed by atoms with E-state index < -0.39 is 10.0 Å². The number of aromatic nitrogens is 1. The van der Waals surface area contributed by atoms with Crippen molar-refractivity contribution in [3.8, 4) is 5.88 Å². The number of carbonyl (C=O) groups is 1. The molecule has 2 aromatic carbocycles. The Morgan fingerprint density at radius 2 is 1.86 bits per heavy atom. The maximum absolute atomic E-state index is 13.1. The molecule has 1 aliphatic carbocycles. The van der Waals surface area contributed by atoms with Crippen LogP contribution in [0.1, 0.15) is 51.1 Å². The molecule has 36 heavy (non-hydrogen) atoms. The van der Waals surface area contributed by atoms with Gasteiger partial charge in [-0.05, 0) is 87.4 Å². The van der Waals surface area contributed by atoms with E-state index in [4.69, 9.17) is 4.74 Å². The van der Waals surface area contributed by atoms with Crippen LogP contribution in [0.15, 0.2) is 63.9 Å². The van der Waals surface area contributed by atoms with Crippen molar-refractivity contribution in [3.05, 3.63) is 66.0 Å². The summed E-state index contributed by atoms with van der Waals surface area (Å²) in [6.07, 6.45) is 4.18. The Morgan fingerprint density at radius 3 is 2.56 bits per heavy atom. The monoisotopic (exact) mass is 511 g/mol. The Labute approximate surface area is 210 Å². The van der Waals surface area contributed by atoms with E-state index in [-0.39, 0.29) is 34.5 Å². The molecule has 7 nitrogen and oxygen atoms in total. The summed E-state index contributed by atoms with van der Waals surface area (Å²) >= 11 is 0. The highest BCUT2D eigenvalue weighted by Crippen LogP contribution is 2.29. The third-order valence-corrected chi connectivity index (χ3v) is 7.76. The van der Waals surface area contributed by atoms with E-state index in [0.29, 0.717) is 49.1 Å². The smallest absolute Gasteiger partial charge is 0.282 e. The average Bonchev–Trinajstić information content (AvgIpc) is 2.88. The normalized spacial score (nSPS) is 19.3. The summed E-state index contributed by atoms with van der Waals surface area (Å²) in [5.74, 6) is 0.00544. The van der Waals surface area contributed by atoms with Crippen LogP contribution >= 0.6 is 0 Å². The number of sulfonamides is 1. The lowest BCUT2D eigenvalue weighted by atomic mass is 9.82. The first-order chi connectivity index (χ1) is 17.2. The van der Waals surface area contributed by atoms with Gasteiger partial charge in [0.1, 0.15) is 5.82 Å². The van der Waals surface area contributed by atoms with Crippen molar-refractivity contribution in [2.45, 2.75) is 50.5 Å². The van der Waals surface area contributed by atoms with Crippen LogP contribution in [0.3, 0.4) is 0 Å². The molecule has 4 rings (SSSR count). The lowest BCUT2D eigenvalue weighted by Gasteiger charge is -2.27. The molecule has 0 spiro atoms. The fraction of sp³-hybridized carbons (Fsp3) is 0.370. The molecule has 190 valence electrons. The van der Waals surface area contributed by atoms with E-state index in [1.165, 1.54) is 24.4 Å². The molecule has 1 atom stereocenters. The zero-order chi connectivity index (χ0) is 25.7. The Hall–Kier alpha value is -3.33. The molecule has 1 aromatic heterocycles. The largest absolute Gasteiger partial charge is 0.478 e. The second kappa shape index (κ2) is 11.2. The number of hydrogen-bond donors (Lipinski definition) is 1. The number of pyridine rings is 1. The first-order valence-electron chi connectivity index (χ1n) is 12.1. The molecule has 1 heterocycles. The summed E-state index contributed by atoms with van der Waals surface area (Å²) < 4.78 is 48.1. The van der Waals surface area contributed by atoms with Gasteiger partial charge in [0.25, 0.3) is 10.0 Å². The highest BCUT2D eigenvalue weighted by Gasteiger charge is 2.27. The standard InChI is InChI=1S/C27H30FN3O4S/c1-3-35-26-15-10-22-16-24(13-14-25(22)31-26)36(33,34)29-17-19-4-6-21(7-5-19)27(32)30-18(2)20-8-11-23(28)12-9-20/h8-19,21H,3-7H2,1-2H3,(H,30,32)/b29-17+/t18-,19?,21?/m1/s1. The number of nitrogens with one attached hydrogen (secondary N) is 1. The third kappa shape index (κ3) is 6.26. The maximum atomic E-state index is 13.1. The van der Waals surface area contributed by atoms with Crippen molar-refractivity contribution < 1.29 is 22.3 Å². The number of nitrogens with zero attached hydrogens (tertiary/aromatic N) is 2. The third-order valence-electron chi connectivity index (χ3n) is 6.51. The molecule has 0 unspecified atom stereocenters. The van der Waals surface area contributed by atoms with Crippen molar-refractivity contribution >= 4 is 33.0 Å². The van der Waals surface area contributed by atoms with Gasteiger partial charge >= 0.3 is 0 Å². The number of ether oxygens (including phenoxy) is 1. The summed E-state index contributed by atoms with van der Waals surface area (Å²) in [4.78, 5) is 17.2. The van der Waals surface area contributed by atoms with Crippen molar-refractivity contribution in [2.24, 2.45) is 16.2 Å². The predicted octanol–water partition coefficient (Wildman–Crippen LogP) is 5.22. The summed E-state index contributed by atoms with van der Waals surface area (Å²) in [5.41, 5.74) is 1.49. The quantitative estimate of drug-likeness (QED) is 0.419.